The minimum Gasteiger partial charge on any atom is -0.481 e. The lowest BCUT2D eigenvalue weighted by Crippen LogP contribution is -2.37. The Morgan fingerprint density at radius 3 is 2.57 bits per heavy atom. The molecule has 0 spiro atoms. The van der Waals surface area contributed by atoms with Gasteiger partial charge in [-0.2, -0.15) is 0 Å². The zero-order valence-electron chi connectivity index (χ0n) is 12.8. The van der Waals surface area contributed by atoms with Crippen LogP contribution in [0.5, 0.6) is 0 Å². The van der Waals surface area contributed by atoms with Gasteiger partial charge in [0.2, 0.25) is 0 Å². The Morgan fingerprint density at radius 1 is 1.33 bits per heavy atom. The van der Waals surface area contributed by atoms with Crippen molar-refractivity contribution in [3.05, 3.63) is 34.9 Å². The highest BCUT2D eigenvalue weighted by molar-refractivity contribution is 6.31. The fraction of sp³-hybridized carbons (Fsp3) is 0.611. The number of carbonyl (C=O) groups is 1. The molecule has 2 nitrogen and oxygen atoms in total. The molecule has 0 saturated heterocycles. The van der Waals surface area contributed by atoms with E-state index in [-0.39, 0.29) is 0 Å². The van der Waals surface area contributed by atoms with Crippen molar-refractivity contribution in [2.45, 2.75) is 58.3 Å². The van der Waals surface area contributed by atoms with Gasteiger partial charge in [0.15, 0.2) is 0 Å². The van der Waals surface area contributed by atoms with Gasteiger partial charge in [-0.05, 0) is 49.7 Å². The van der Waals surface area contributed by atoms with Crippen molar-refractivity contribution in [1.29, 1.82) is 0 Å². The van der Waals surface area contributed by atoms with Crippen LogP contribution in [0.15, 0.2) is 24.3 Å². The number of unbranched alkanes of at least 4 members (excludes halogenated alkanes) is 1. The number of rotatable bonds is 6. The molecule has 1 N–H and O–H groups in total. The Balaban J connectivity index is 2.06. The number of hydrogen-bond donors (Lipinski definition) is 1. The Bertz CT molecular complexity index is 476. The monoisotopic (exact) mass is 308 g/mol. The van der Waals surface area contributed by atoms with Crippen LogP contribution in [0, 0.1) is 11.3 Å². The van der Waals surface area contributed by atoms with E-state index >= 15 is 0 Å². The fourth-order valence-corrected chi connectivity index (χ4v) is 3.69. The van der Waals surface area contributed by atoms with Crippen LogP contribution >= 0.6 is 11.6 Å². The molecule has 1 fully saturated rings. The van der Waals surface area contributed by atoms with Gasteiger partial charge in [0, 0.05) is 5.02 Å². The van der Waals surface area contributed by atoms with Gasteiger partial charge in [-0.25, -0.2) is 0 Å². The second kappa shape index (κ2) is 7.31. The maximum atomic E-state index is 11.9. The van der Waals surface area contributed by atoms with Gasteiger partial charge in [0.25, 0.3) is 0 Å². The van der Waals surface area contributed by atoms with Crippen LogP contribution in [0.4, 0.5) is 0 Å². The molecular formula is C18H25ClO2. The van der Waals surface area contributed by atoms with E-state index in [2.05, 4.69) is 6.92 Å². The van der Waals surface area contributed by atoms with E-state index in [9.17, 15) is 9.90 Å². The van der Waals surface area contributed by atoms with Gasteiger partial charge < -0.3 is 5.11 Å². The van der Waals surface area contributed by atoms with Gasteiger partial charge in [-0.15, -0.1) is 0 Å². The SMILES string of the molecule is CCCCC1CCC(Cc2ccccc2Cl)(C(=O)O)CC1. The zero-order chi connectivity index (χ0) is 15.3. The van der Waals surface area contributed by atoms with E-state index in [1.54, 1.807) is 0 Å². The summed E-state index contributed by atoms with van der Waals surface area (Å²) in [5.74, 6) is 0.0556. The van der Waals surface area contributed by atoms with Gasteiger partial charge in [-0.3, -0.25) is 4.79 Å². The molecule has 2 rings (SSSR count). The number of carboxylic acids is 1. The number of benzene rings is 1. The van der Waals surface area contributed by atoms with E-state index < -0.39 is 11.4 Å². The average molecular weight is 309 g/mol. The molecule has 1 aliphatic rings. The van der Waals surface area contributed by atoms with Gasteiger partial charge >= 0.3 is 5.97 Å². The summed E-state index contributed by atoms with van der Waals surface area (Å²) in [6, 6.07) is 7.63. The molecule has 0 aromatic heterocycles. The standard InChI is InChI=1S/C18H25ClO2/c1-2-3-6-14-9-11-18(12-10-14,17(20)21)13-15-7-4-5-8-16(15)19/h4-5,7-8,14H,2-3,6,9-13H2,1H3,(H,20,21). The van der Waals surface area contributed by atoms with Crippen LogP contribution in [-0.4, -0.2) is 11.1 Å². The predicted octanol–water partition coefficient (Wildman–Crippen LogP) is 5.33. The highest BCUT2D eigenvalue weighted by Gasteiger charge is 2.42. The van der Waals surface area contributed by atoms with Crippen molar-refractivity contribution < 1.29 is 9.90 Å². The average Bonchev–Trinajstić information content (AvgIpc) is 2.49. The van der Waals surface area contributed by atoms with E-state index in [0.29, 0.717) is 17.4 Å². The van der Waals surface area contributed by atoms with Crippen LogP contribution in [0.2, 0.25) is 5.02 Å². The third-order valence-corrected chi connectivity index (χ3v) is 5.34. The molecule has 1 aromatic rings. The number of aliphatic carboxylic acids is 1. The molecule has 0 unspecified atom stereocenters. The van der Waals surface area contributed by atoms with Crippen molar-refractivity contribution in [2.24, 2.45) is 11.3 Å². The lowest BCUT2D eigenvalue weighted by Gasteiger charge is -2.37. The highest BCUT2D eigenvalue weighted by Crippen LogP contribution is 2.44. The Labute approximate surface area is 132 Å². The minimum absolute atomic E-state index is 0.558. The van der Waals surface area contributed by atoms with E-state index in [4.69, 9.17) is 11.6 Å². The summed E-state index contributed by atoms with van der Waals surface area (Å²) in [6.45, 7) is 2.21. The van der Waals surface area contributed by atoms with Crippen molar-refractivity contribution in [1.82, 2.24) is 0 Å². The van der Waals surface area contributed by atoms with Crippen LogP contribution in [-0.2, 0) is 11.2 Å². The van der Waals surface area contributed by atoms with Crippen molar-refractivity contribution in [2.75, 3.05) is 0 Å². The first-order valence-corrected chi connectivity index (χ1v) is 8.42. The van der Waals surface area contributed by atoms with E-state index in [0.717, 1.165) is 31.2 Å². The summed E-state index contributed by atoms with van der Waals surface area (Å²) >= 11 is 6.21. The van der Waals surface area contributed by atoms with Crippen LogP contribution < -0.4 is 0 Å². The molecule has 0 aliphatic heterocycles. The summed E-state index contributed by atoms with van der Waals surface area (Å²) in [4.78, 5) is 11.9. The van der Waals surface area contributed by atoms with E-state index in [1.165, 1.54) is 19.3 Å². The van der Waals surface area contributed by atoms with Gasteiger partial charge in [0.1, 0.15) is 0 Å². The predicted molar refractivity (Wildman–Crippen MR) is 86.7 cm³/mol. The molecule has 1 aromatic carbocycles. The lowest BCUT2D eigenvalue weighted by molar-refractivity contribution is -0.151. The maximum Gasteiger partial charge on any atom is 0.309 e. The summed E-state index contributed by atoms with van der Waals surface area (Å²) in [7, 11) is 0. The first kappa shape index (κ1) is 16.4. The fourth-order valence-electron chi connectivity index (χ4n) is 3.48. The van der Waals surface area contributed by atoms with Crippen molar-refractivity contribution >= 4 is 17.6 Å². The summed E-state index contributed by atoms with van der Waals surface area (Å²) in [5, 5.41) is 10.4. The quantitative estimate of drug-likeness (QED) is 0.770. The third-order valence-electron chi connectivity index (χ3n) is 4.97. The Morgan fingerprint density at radius 2 is 2.00 bits per heavy atom. The van der Waals surface area contributed by atoms with Crippen molar-refractivity contribution in [3.63, 3.8) is 0 Å². The molecule has 3 heteroatoms. The molecule has 0 heterocycles. The van der Waals surface area contributed by atoms with Gasteiger partial charge in [0.05, 0.1) is 5.41 Å². The molecule has 116 valence electrons. The lowest BCUT2D eigenvalue weighted by atomic mass is 9.66. The summed E-state index contributed by atoms with van der Waals surface area (Å²) < 4.78 is 0. The number of halogens is 1. The molecule has 1 aliphatic carbocycles. The van der Waals surface area contributed by atoms with Gasteiger partial charge in [-0.1, -0.05) is 56.0 Å². The Kier molecular flexibility index (Phi) is 5.69. The molecule has 0 radical (unpaired) electrons. The summed E-state index contributed by atoms with van der Waals surface area (Å²) in [5.41, 5.74) is 0.349. The number of hydrogen-bond acceptors (Lipinski definition) is 1. The topological polar surface area (TPSA) is 37.3 Å². The molecule has 0 bridgehead atoms. The summed E-state index contributed by atoms with van der Waals surface area (Å²) in [6.07, 6.45) is 7.92. The smallest absolute Gasteiger partial charge is 0.309 e. The highest BCUT2D eigenvalue weighted by atomic mass is 35.5. The Hall–Kier alpha value is -1.02. The second-order valence-corrected chi connectivity index (χ2v) is 6.85. The maximum absolute atomic E-state index is 11.9. The first-order chi connectivity index (χ1) is 10.1. The van der Waals surface area contributed by atoms with E-state index in [1.807, 2.05) is 24.3 Å². The molecule has 0 amide bonds. The normalized spacial score (nSPS) is 25.7. The first-order valence-electron chi connectivity index (χ1n) is 8.04. The zero-order valence-corrected chi connectivity index (χ0v) is 13.5. The second-order valence-electron chi connectivity index (χ2n) is 6.44. The minimum atomic E-state index is -0.656. The molecule has 1 saturated carbocycles. The molecule has 21 heavy (non-hydrogen) atoms. The van der Waals surface area contributed by atoms with Crippen LogP contribution in [0.1, 0.15) is 57.4 Å². The largest absolute Gasteiger partial charge is 0.481 e. The third kappa shape index (κ3) is 4.00. The van der Waals surface area contributed by atoms with Crippen LogP contribution in [0.25, 0.3) is 0 Å². The number of carboxylic acid groups (broad SMARTS) is 1. The van der Waals surface area contributed by atoms with Crippen molar-refractivity contribution in [3.8, 4) is 0 Å². The van der Waals surface area contributed by atoms with Crippen LogP contribution in [0.3, 0.4) is 0 Å². The molecular weight excluding hydrogens is 284 g/mol. The molecule has 0 atom stereocenters.